The van der Waals surface area contributed by atoms with Crippen molar-refractivity contribution in [3.63, 3.8) is 0 Å². The summed E-state index contributed by atoms with van der Waals surface area (Å²) in [7, 11) is 0. The molecule has 2 rings (SSSR count). The lowest BCUT2D eigenvalue weighted by atomic mass is 10.3. The summed E-state index contributed by atoms with van der Waals surface area (Å²) in [6, 6.07) is 13.5. The summed E-state index contributed by atoms with van der Waals surface area (Å²) in [5, 5.41) is 17.0. The van der Waals surface area contributed by atoms with Crippen LogP contribution in [-0.4, -0.2) is 29.2 Å². The van der Waals surface area contributed by atoms with Crippen molar-refractivity contribution in [2.24, 2.45) is 0 Å². The van der Waals surface area contributed by atoms with Crippen LogP contribution in [0.1, 0.15) is 6.92 Å². The lowest BCUT2D eigenvalue weighted by Gasteiger charge is -2.13. The first-order valence-corrected chi connectivity index (χ1v) is 8.90. The number of amides is 1. The molecule has 0 aliphatic rings. The van der Waals surface area contributed by atoms with Crippen LogP contribution in [-0.2, 0) is 4.79 Å². The van der Waals surface area contributed by atoms with Crippen LogP contribution in [0.5, 0.6) is 0 Å². The van der Waals surface area contributed by atoms with Crippen molar-refractivity contribution in [1.82, 2.24) is 5.32 Å². The molecule has 0 spiro atoms. The van der Waals surface area contributed by atoms with E-state index in [0.717, 1.165) is 10.6 Å². The number of hydrogen-bond acceptors (Lipinski definition) is 5. The lowest BCUT2D eigenvalue weighted by molar-refractivity contribution is -0.384. The Labute approximate surface area is 155 Å². The number of thioether (sulfide) groups is 1. The van der Waals surface area contributed by atoms with Gasteiger partial charge in [-0.05, 0) is 43.3 Å². The fourth-order valence-corrected chi connectivity index (χ4v) is 3.03. The maximum Gasteiger partial charge on any atom is 0.269 e. The van der Waals surface area contributed by atoms with Crippen molar-refractivity contribution >= 4 is 40.6 Å². The van der Waals surface area contributed by atoms with Gasteiger partial charge in [0.1, 0.15) is 0 Å². The number of carbonyl (C=O) groups is 1. The highest BCUT2D eigenvalue weighted by atomic mass is 35.5. The standard InChI is InChI=1S/C17H18ClN3O3S/c1-12(25-16-8-2-13(18)3-9-16)17(22)20-11-10-19-14-4-6-15(7-5-14)21(23)24/h2-9,12,19H,10-11H2,1H3,(H,20,22)/t12-/m0/s1. The number of rotatable bonds is 8. The summed E-state index contributed by atoms with van der Waals surface area (Å²) in [5.74, 6) is -0.0505. The molecular formula is C17H18ClN3O3S. The van der Waals surface area contributed by atoms with Crippen molar-refractivity contribution in [1.29, 1.82) is 0 Å². The van der Waals surface area contributed by atoms with Crippen molar-refractivity contribution < 1.29 is 9.72 Å². The molecule has 8 heteroatoms. The quantitative estimate of drug-likeness (QED) is 0.314. The topological polar surface area (TPSA) is 84.3 Å². The third-order valence-corrected chi connectivity index (χ3v) is 4.69. The molecule has 2 N–H and O–H groups in total. The number of hydrogen-bond donors (Lipinski definition) is 2. The summed E-state index contributed by atoms with van der Waals surface area (Å²) < 4.78 is 0. The molecule has 0 aliphatic carbocycles. The zero-order chi connectivity index (χ0) is 18.2. The molecule has 1 atom stereocenters. The van der Waals surface area contributed by atoms with Crippen LogP contribution in [0.2, 0.25) is 5.02 Å². The summed E-state index contributed by atoms with van der Waals surface area (Å²) in [5.41, 5.74) is 0.815. The largest absolute Gasteiger partial charge is 0.383 e. The molecule has 6 nitrogen and oxygen atoms in total. The highest BCUT2D eigenvalue weighted by Crippen LogP contribution is 2.24. The lowest BCUT2D eigenvalue weighted by Crippen LogP contribution is -2.34. The minimum absolute atomic E-state index is 0.0481. The van der Waals surface area contributed by atoms with Crippen LogP contribution in [0.3, 0.4) is 0 Å². The first-order valence-electron chi connectivity index (χ1n) is 7.64. The zero-order valence-electron chi connectivity index (χ0n) is 13.6. The normalized spacial score (nSPS) is 11.6. The molecule has 0 saturated carbocycles. The number of anilines is 1. The molecule has 0 aromatic heterocycles. The fourth-order valence-electron chi connectivity index (χ4n) is 2.01. The number of nitro benzene ring substituents is 1. The van der Waals surface area contributed by atoms with E-state index < -0.39 is 4.92 Å². The van der Waals surface area contributed by atoms with Gasteiger partial charge < -0.3 is 10.6 Å². The van der Waals surface area contributed by atoms with Gasteiger partial charge in [-0.25, -0.2) is 0 Å². The minimum atomic E-state index is -0.441. The molecule has 132 valence electrons. The fraction of sp³-hybridized carbons (Fsp3) is 0.235. The van der Waals surface area contributed by atoms with Crippen LogP contribution in [0, 0.1) is 10.1 Å². The Morgan fingerprint density at radius 1 is 1.16 bits per heavy atom. The van der Waals surface area contributed by atoms with E-state index in [1.54, 1.807) is 24.3 Å². The molecular weight excluding hydrogens is 362 g/mol. The smallest absolute Gasteiger partial charge is 0.269 e. The molecule has 1 amide bonds. The van der Waals surface area contributed by atoms with E-state index in [9.17, 15) is 14.9 Å². The zero-order valence-corrected chi connectivity index (χ0v) is 15.1. The monoisotopic (exact) mass is 379 g/mol. The van der Waals surface area contributed by atoms with Gasteiger partial charge in [0.25, 0.3) is 5.69 Å². The summed E-state index contributed by atoms with van der Waals surface area (Å²) in [6.45, 7) is 2.83. The van der Waals surface area contributed by atoms with Gasteiger partial charge in [0.15, 0.2) is 0 Å². The van der Waals surface area contributed by atoms with Gasteiger partial charge >= 0.3 is 0 Å². The highest BCUT2D eigenvalue weighted by Gasteiger charge is 2.13. The van der Waals surface area contributed by atoms with Gasteiger partial charge in [-0.3, -0.25) is 14.9 Å². The Morgan fingerprint density at radius 2 is 1.80 bits per heavy atom. The second kappa shape index (κ2) is 9.29. The van der Waals surface area contributed by atoms with Crippen molar-refractivity contribution in [2.45, 2.75) is 17.1 Å². The Hall–Kier alpha value is -2.25. The van der Waals surface area contributed by atoms with E-state index in [-0.39, 0.29) is 16.8 Å². The molecule has 0 aliphatic heterocycles. The Kier molecular flexibility index (Phi) is 7.09. The molecule has 2 aromatic rings. The van der Waals surface area contributed by atoms with E-state index in [1.807, 2.05) is 19.1 Å². The average molecular weight is 380 g/mol. The molecule has 0 fully saturated rings. The van der Waals surface area contributed by atoms with E-state index in [4.69, 9.17) is 11.6 Å². The minimum Gasteiger partial charge on any atom is -0.383 e. The molecule has 0 saturated heterocycles. The van der Waals surface area contributed by atoms with Crippen molar-refractivity contribution in [3.8, 4) is 0 Å². The van der Waals surface area contributed by atoms with Gasteiger partial charge in [-0.1, -0.05) is 11.6 Å². The molecule has 0 heterocycles. The second-order valence-electron chi connectivity index (χ2n) is 5.24. The Balaban J connectivity index is 1.70. The molecule has 2 aromatic carbocycles. The first-order chi connectivity index (χ1) is 12.0. The number of benzene rings is 2. The average Bonchev–Trinajstić information content (AvgIpc) is 2.60. The first kappa shape index (κ1) is 19.1. The number of nitrogens with one attached hydrogen (secondary N) is 2. The van der Waals surface area contributed by atoms with Crippen molar-refractivity contribution in [3.05, 3.63) is 63.7 Å². The van der Waals surface area contributed by atoms with E-state index in [2.05, 4.69) is 10.6 Å². The Morgan fingerprint density at radius 3 is 2.40 bits per heavy atom. The van der Waals surface area contributed by atoms with Gasteiger partial charge in [-0.15, -0.1) is 11.8 Å². The van der Waals surface area contributed by atoms with Crippen LogP contribution in [0.15, 0.2) is 53.4 Å². The van der Waals surface area contributed by atoms with Crippen LogP contribution >= 0.6 is 23.4 Å². The van der Waals surface area contributed by atoms with Gasteiger partial charge in [-0.2, -0.15) is 0 Å². The maximum atomic E-state index is 12.1. The SMILES string of the molecule is C[C@H](Sc1ccc(Cl)cc1)C(=O)NCCNc1ccc([N+](=O)[O-])cc1. The maximum absolute atomic E-state index is 12.1. The number of non-ortho nitro benzene ring substituents is 1. The number of halogens is 1. The summed E-state index contributed by atoms with van der Waals surface area (Å²) in [4.78, 5) is 23.2. The highest BCUT2D eigenvalue weighted by molar-refractivity contribution is 8.00. The van der Waals surface area contributed by atoms with Crippen LogP contribution in [0.25, 0.3) is 0 Å². The van der Waals surface area contributed by atoms with Gasteiger partial charge in [0, 0.05) is 40.8 Å². The van der Waals surface area contributed by atoms with Crippen LogP contribution < -0.4 is 10.6 Å². The molecule has 25 heavy (non-hydrogen) atoms. The number of carbonyl (C=O) groups excluding carboxylic acids is 1. The van der Waals surface area contributed by atoms with Gasteiger partial charge in [0.2, 0.25) is 5.91 Å². The third kappa shape index (κ3) is 6.28. The third-order valence-electron chi connectivity index (χ3n) is 3.33. The van der Waals surface area contributed by atoms with Crippen LogP contribution in [0.4, 0.5) is 11.4 Å². The molecule has 0 unspecified atom stereocenters. The molecule has 0 bridgehead atoms. The van der Waals surface area contributed by atoms with Crippen molar-refractivity contribution in [2.75, 3.05) is 18.4 Å². The van der Waals surface area contributed by atoms with Gasteiger partial charge in [0.05, 0.1) is 10.2 Å². The van der Waals surface area contributed by atoms with E-state index in [1.165, 1.54) is 23.9 Å². The van der Waals surface area contributed by atoms with E-state index >= 15 is 0 Å². The predicted molar refractivity (Wildman–Crippen MR) is 101 cm³/mol. The van der Waals surface area contributed by atoms with E-state index in [0.29, 0.717) is 18.1 Å². The Bertz CT molecular complexity index is 723. The molecule has 0 radical (unpaired) electrons. The second-order valence-corrected chi connectivity index (χ2v) is 7.09. The predicted octanol–water partition coefficient (Wildman–Crippen LogP) is 3.96. The summed E-state index contributed by atoms with van der Waals surface area (Å²) >= 11 is 7.31. The summed E-state index contributed by atoms with van der Waals surface area (Å²) in [6.07, 6.45) is 0. The number of nitrogens with zero attached hydrogens (tertiary/aromatic N) is 1. The number of nitro groups is 1.